The van der Waals surface area contributed by atoms with Crippen LogP contribution in [0.1, 0.15) is 42.9 Å². The highest BCUT2D eigenvalue weighted by Crippen LogP contribution is 2.32. The Labute approximate surface area is 127 Å². The van der Waals surface area contributed by atoms with Gasteiger partial charge in [0.05, 0.1) is 10.6 Å². The van der Waals surface area contributed by atoms with Crippen molar-refractivity contribution in [1.29, 1.82) is 0 Å². The van der Waals surface area contributed by atoms with Crippen LogP contribution in [0.4, 0.5) is 8.78 Å². The van der Waals surface area contributed by atoms with Crippen LogP contribution >= 0.6 is 11.5 Å². The Balaban J connectivity index is 2.36. The number of hydrogen-bond donors (Lipinski definition) is 1. The zero-order chi connectivity index (χ0) is 15.6. The molecule has 0 aliphatic heterocycles. The molecule has 1 N–H and O–H groups in total. The Morgan fingerprint density at radius 1 is 1.24 bits per heavy atom. The van der Waals surface area contributed by atoms with E-state index in [4.69, 9.17) is 0 Å². The first-order valence-electron chi connectivity index (χ1n) is 6.77. The van der Waals surface area contributed by atoms with E-state index in [0.717, 1.165) is 10.6 Å². The molecule has 0 spiro atoms. The van der Waals surface area contributed by atoms with E-state index in [-0.39, 0.29) is 23.4 Å². The van der Waals surface area contributed by atoms with E-state index in [0.29, 0.717) is 0 Å². The molecule has 3 nitrogen and oxygen atoms in total. The third kappa shape index (κ3) is 3.44. The molecule has 0 saturated carbocycles. The molecule has 1 aromatic carbocycles. The van der Waals surface area contributed by atoms with Gasteiger partial charge in [-0.1, -0.05) is 31.3 Å². The first-order valence-corrected chi connectivity index (χ1v) is 7.54. The maximum atomic E-state index is 13.8. The van der Waals surface area contributed by atoms with Crippen LogP contribution in [0.15, 0.2) is 18.2 Å². The number of nitrogens with one attached hydrogen (secondary N) is 1. The van der Waals surface area contributed by atoms with Crippen molar-refractivity contribution >= 4 is 11.5 Å². The fourth-order valence-corrected chi connectivity index (χ4v) is 3.18. The number of rotatable bonds is 4. The van der Waals surface area contributed by atoms with Crippen LogP contribution < -0.4 is 5.32 Å². The lowest BCUT2D eigenvalue weighted by Crippen LogP contribution is -2.23. The SMILES string of the molecule is CNC(Cc1c(F)cccc1F)c1snnc1C(C)(C)C. The van der Waals surface area contributed by atoms with Crippen LogP contribution in [-0.4, -0.2) is 16.6 Å². The molecule has 0 aliphatic rings. The van der Waals surface area contributed by atoms with Crippen molar-refractivity contribution in [3.8, 4) is 0 Å². The second-order valence-electron chi connectivity index (χ2n) is 5.98. The summed E-state index contributed by atoms with van der Waals surface area (Å²) in [4.78, 5) is 0.924. The fourth-order valence-electron chi connectivity index (χ4n) is 2.20. The van der Waals surface area contributed by atoms with Crippen LogP contribution in [0.2, 0.25) is 0 Å². The summed E-state index contributed by atoms with van der Waals surface area (Å²) in [5.41, 5.74) is 0.791. The minimum Gasteiger partial charge on any atom is -0.312 e. The normalized spacial score (nSPS) is 13.4. The quantitative estimate of drug-likeness (QED) is 0.937. The van der Waals surface area contributed by atoms with Crippen LogP contribution in [-0.2, 0) is 11.8 Å². The van der Waals surface area contributed by atoms with E-state index in [1.165, 1.54) is 29.7 Å². The topological polar surface area (TPSA) is 37.8 Å². The van der Waals surface area contributed by atoms with Gasteiger partial charge in [-0.2, -0.15) is 0 Å². The monoisotopic (exact) mass is 311 g/mol. The number of nitrogens with zero attached hydrogens (tertiary/aromatic N) is 2. The van der Waals surface area contributed by atoms with Gasteiger partial charge < -0.3 is 5.32 Å². The first-order chi connectivity index (χ1) is 9.84. The number of aromatic nitrogens is 2. The summed E-state index contributed by atoms with van der Waals surface area (Å²) in [6.07, 6.45) is 0.224. The maximum absolute atomic E-state index is 13.8. The summed E-state index contributed by atoms with van der Waals surface area (Å²) in [7, 11) is 1.77. The Morgan fingerprint density at radius 2 is 1.86 bits per heavy atom. The van der Waals surface area contributed by atoms with Gasteiger partial charge in [0, 0.05) is 17.0 Å². The average Bonchev–Trinajstić information content (AvgIpc) is 2.87. The van der Waals surface area contributed by atoms with Crippen molar-refractivity contribution in [3.63, 3.8) is 0 Å². The van der Waals surface area contributed by atoms with Gasteiger partial charge >= 0.3 is 0 Å². The van der Waals surface area contributed by atoms with E-state index in [9.17, 15) is 8.78 Å². The molecule has 0 amide bonds. The lowest BCUT2D eigenvalue weighted by Gasteiger charge is -2.21. The Morgan fingerprint density at radius 3 is 2.38 bits per heavy atom. The zero-order valence-electron chi connectivity index (χ0n) is 12.6. The molecule has 0 aliphatic carbocycles. The van der Waals surface area contributed by atoms with E-state index >= 15 is 0 Å². The van der Waals surface area contributed by atoms with Gasteiger partial charge in [0.25, 0.3) is 0 Å². The Kier molecular flexibility index (Phi) is 4.68. The number of likely N-dealkylation sites (N-methyl/N-ethyl adjacent to an activating group) is 1. The van der Waals surface area contributed by atoms with Crippen molar-refractivity contribution in [2.75, 3.05) is 7.05 Å². The van der Waals surface area contributed by atoms with Crippen LogP contribution in [0.5, 0.6) is 0 Å². The predicted molar refractivity (Wildman–Crippen MR) is 80.5 cm³/mol. The van der Waals surface area contributed by atoms with Gasteiger partial charge in [-0.25, -0.2) is 8.78 Å². The fraction of sp³-hybridized carbons (Fsp3) is 0.467. The lowest BCUT2D eigenvalue weighted by atomic mass is 9.89. The number of benzene rings is 1. The summed E-state index contributed by atoms with van der Waals surface area (Å²) in [6, 6.07) is 3.71. The summed E-state index contributed by atoms with van der Waals surface area (Å²) in [6.45, 7) is 6.14. The zero-order valence-corrected chi connectivity index (χ0v) is 13.4. The molecule has 0 radical (unpaired) electrons. The Bertz CT molecular complexity index is 599. The highest BCUT2D eigenvalue weighted by Gasteiger charge is 2.27. The molecule has 114 valence electrons. The molecule has 0 bridgehead atoms. The average molecular weight is 311 g/mol. The molecule has 0 saturated heterocycles. The molecular weight excluding hydrogens is 292 g/mol. The molecule has 21 heavy (non-hydrogen) atoms. The van der Waals surface area contributed by atoms with Crippen LogP contribution in [0.3, 0.4) is 0 Å². The molecule has 1 unspecified atom stereocenters. The molecule has 2 rings (SSSR count). The first kappa shape index (κ1) is 16.0. The van der Waals surface area contributed by atoms with Gasteiger partial charge in [0.1, 0.15) is 11.6 Å². The largest absolute Gasteiger partial charge is 0.312 e. The van der Waals surface area contributed by atoms with Crippen molar-refractivity contribution in [2.24, 2.45) is 0 Å². The minimum atomic E-state index is -0.523. The van der Waals surface area contributed by atoms with E-state index in [2.05, 4.69) is 14.9 Å². The van der Waals surface area contributed by atoms with E-state index in [1.54, 1.807) is 7.05 Å². The van der Waals surface area contributed by atoms with Gasteiger partial charge in [-0.05, 0) is 37.1 Å². The molecule has 6 heteroatoms. The summed E-state index contributed by atoms with van der Waals surface area (Å²) in [5.74, 6) is -1.05. The summed E-state index contributed by atoms with van der Waals surface area (Å²) < 4.78 is 31.7. The lowest BCUT2D eigenvalue weighted by molar-refractivity contribution is 0.502. The molecule has 2 aromatic rings. The van der Waals surface area contributed by atoms with Crippen molar-refractivity contribution in [1.82, 2.24) is 14.9 Å². The maximum Gasteiger partial charge on any atom is 0.129 e. The summed E-state index contributed by atoms with van der Waals surface area (Å²) >= 11 is 1.27. The molecular formula is C15H19F2N3S. The van der Waals surface area contributed by atoms with Crippen LogP contribution in [0, 0.1) is 11.6 Å². The smallest absolute Gasteiger partial charge is 0.129 e. The molecule has 1 heterocycles. The third-order valence-corrected chi connectivity index (χ3v) is 4.20. The standard InChI is InChI=1S/C15H19F2N3S/c1-15(2,3)14-13(21-20-19-14)12(18-4)8-9-10(16)6-5-7-11(9)17/h5-7,12,18H,8H2,1-4H3. The third-order valence-electron chi connectivity index (χ3n) is 3.36. The van der Waals surface area contributed by atoms with Gasteiger partial charge in [-0.15, -0.1) is 5.10 Å². The minimum absolute atomic E-state index is 0.0881. The van der Waals surface area contributed by atoms with Gasteiger partial charge in [-0.3, -0.25) is 0 Å². The van der Waals surface area contributed by atoms with Crippen molar-refractivity contribution in [2.45, 2.75) is 38.6 Å². The molecule has 1 aromatic heterocycles. The summed E-state index contributed by atoms with van der Waals surface area (Å²) in [5, 5.41) is 7.30. The van der Waals surface area contributed by atoms with E-state index < -0.39 is 11.6 Å². The second-order valence-corrected chi connectivity index (χ2v) is 6.77. The number of halogens is 2. The molecule has 1 atom stereocenters. The van der Waals surface area contributed by atoms with Gasteiger partial charge in [0.15, 0.2) is 0 Å². The van der Waals surface area contributed by atoms with E-state index in [1.807, 2.05) is 20.8 Å². The van der Waals surface area contributed by atoms with Gasteiger partial charge in [0.2, 0.25) is 0 Å². The van der Waals surface area contributed by atoms with Crippen LogP contribution in [0.25, 0.3) is 0 Å². The molecule has 0 fully saturated rings. The van der Waals surface area contributed by atoms with Crippen molar-refractivity contribution < 1.29 is 8.78 Å². The second kappa shape index (κ2) is 6.15. The Hall–Kier alpha value is -1.40. The predicted octanol–water partition coefficient (Wildman–Crippen LogP) is 3.62. The highest BCUT2D eigenvalue weighted by molar-refractivity contribution is 7.05. The number of hydrogen-bond acceptors (Lipinski definition) is 4. The highest BCUT2D eigenvalue weighted by atomic mass is 32.1. The van der Waals surface area contributed by atoms with Crippen molar-refractivity contribution in [3.05, 3.63) is 46.0 Å².